The third kappa shape index (κ3) is 3.50. The van der Waals surface area contributed by atoms with E-state index in [4.69, 9.17) is 0 Å². The summed E-state index contributed by atoms with van der Waals surface area (Å²) in [6.45, 7) is 8.08. The van der Waals surface area contributed by atoms with E-state index in [1.807, 2.05) is 57.2 Å². The molecule has 1 saturated carbocycles. The van der Waals surface area contributed by atoms with Gasteiger partial charge in [-0.1, -0.05) is 36.8 Å². The minimum atomic E-state index is -0.951. The van der Waals surface area contributed by atoms with Gasteiger partial charge in [0.2, 0.25) is 11.8 Å². The summed E-state index contributed by atoms with van der Waals surface area (Å²) in [6.07, 6.45) is 2.12. The molecule has 26 heavy (non-hydrogen) atoms. The number of hydrogen-bond acceptors (Lipinski definition) is 2. The lowest BCUT2D eigenvalue weighted by atomic mass is 10.0. The lowest BCUT2D eigenvalue weighted by Gasteiger charge is -2.18. The van der Waals surface area contributed by atoms with Crippen LogP contribution in [-0.4, -0.2) is 11.8 Å². The van der Waals surface area contributed by atoms with E-state index in [0.717, 1.165) is 34.5 Å². The van der Waals surface area contributed by atoms with Crippen molar-refractivity contribution in [2.75, 3.05) is 10.6 Å². The Kier molecular flexibility index (Phi) is 4.86. The Morgan fingerprint density at radius 1 is 0.923 bits per heavy atom. The third-order valence-electron chi connectivity index (χ3n) is 5.15. The van der Waals surface area contributed by atoms with Gasteiger partial charge in [-0.25, -0.2) is 0 Å². The molecule has 4 heteroatoms. The molecule has 1 aliphatic rings. The van der Waals surface area contributed by atoms with Gasteiger partial charge in [0.05, 0.1) is 0 Å². The molecule has 0 unspecified atom stereocenters. The van der Waals surface area contributed by atoms with E-state index in [0.29, 0.717) is 12.8 Å². The van der Waals surface area contributed by atoms with Crippen LogP contribution in [0.1, 0.15) is 42.0 Å². The normalized spacial score (nSPS) is 14.6. The fourth-order valence-corrected chi connectivity index (χ4v) is 3.37. The van der Waals surface area contributed by atoms with E-state index in [1.165, 1.54) is 5.56 Å². The Morgan fingerprint density at radius 3 is 1.96 bits per heavy atom. The Bertz CT molecular complexity index is 826. The SMILES string of the molecule is CCc1ccc(NC(=O)C2(C(=O)Nc3c(C)cc(C)cc3C)CC2)cc1. The second-order valence-electron chi connectivity index (χ2n) is 7.31. The molecule has 0 atom stereocenters. The van der Waals surface area contributed by atoms with Crippen LogP contribution in [0.5, 0.6) is 0 Å². The maximum Gasteiger partial charge on any atom is 0.240 e. The van der Waals surface area contributed by atoms with Crippen LogP contribution in [-0.2, 0) is 16.0 Å². The van der Waals surface area contributed by atoms with Gasteiger partial charge in [0.1, 0.15) is 5.41 Å². The number of anilines is 2. The summed E-state index contributed by atoms with van der Waals surface area (Å²) < 4.78 is 0. The molecule has 0 bridgehead atoms. The van der Waals surface area contributed by atoms with Gasteiger partial charge in [0.15, 0.2) is 0 Å². The van der Waals surface area contributed by atoms with Gasteiger partial charge < -0.3 is 10.6 Å². The van der Waals surface area contributed by atoms with Gasteiger partial charge in [-0.2, -0.15) is 0 Å². The first-order valence-electron chi connectivity index (χ1n) is 9.15. The molecule has 4 nitrogen and oxygen atoms in total. The van der Waals surface area contributed by atoms with Crippen molar-refractivity contribution in [3.05, 3.63) is 58.7 Å². The molecule has 3 rings (SSSR count). The number of rotatable bonds is 5. The van der Waals surface area contributed by atoms with E-state index < -0.39 is 5.41 Å². The number of hydrogen-bond donors (Lipinski definition) is 2. The van der Waals surface area contributed by atoms with Gasteiger partial charge in [-0.05, 0) is 68.9 Å². The van der Waals surface area contributed by atoms with Crippen molar-refractivity contribution in [2.24, 2.45) is 5.41 Å². The van der Waals surface area contributed by atoms with E-state index in [9.17, 15) is 9.59 Å². The van der Waals surface area contributed by atoms with Crippen molar-refractivity contribution in [2.45, 2.75) is 47.0 Å². The fraction of sp³-hybridized carbons (Fsp3) is 0.364. The van der Waals surface area contributed by atoms with Crippen LogP contribution in [0.2, 0.25) is 0 Å². The summed E-state index contributed by atoms with van der Waals surface area (Å²) in [7, 11) is 0. The van der Waals surface area contributed by atoms with Crippen molar-refractivity contribution in [1.82, 2.24) is 0 Å². The van der Waals surface area contributed by atoms with Gasteiger partial charge in [0, 0.05) is 11.4 Å². The van der Waals surface area contributed by atoms with Crippen molar-refractivity contribution in [1.29, 1.82) is 0 Å². The first kappa shape index (κ1) is 18.2. The number of aryl methyl sites for hydroxylation is 4. The number of carbonyl (C=O) groups excluding carboxylic acids is 2. The Hall–Kier alpha value is -2.62. The second kappa shape index (κ2) is 6.94. The first-order chi connectivity index (χ1) is 12.4. The van der Waals surface area contributed by atoms with Crippen LogP contribution in [0.3, 0.4) is 0 Å². The van der Waals surface area contributed by atoms with Gasteiger partial charge in [0.25, 0.3) is 0 Å². The molecule has 2 aromatic rings. The Morgan fingerprint density at radius 2 is 1.46 bits per heavy atom. The molecule has 2 N–H and O–H groups in total. The lowest BCUT2D eigenvalue weighted by molar-refractivity contribution is -0.131. The quantitative estimate of drug-likeness (QED) is 0.778. The zero-order chi connectivity index (χ0) is 18.9. The Labute approximate surface area is 155 Å². The molecule has 0 aliphatic heterocycles. The monoisotopic (exact) mass is 350 g/mol. The lowest BCUT2D eigenvalue weighted by Crippen LogP contribution is -2.36. The van der Waals surface area contributed by atoms with Gasteiger partial charge in [-0.15, -0.1) is 0 Å². The molecule has 1 fully saturated rings. The summed E-state index contributed by atoms with van der Waals surface area (Å²) in [6, 6.07) is 11.8. The molecule has 2 aromatic carbocycles. The smallest absolute Gasteiger partial charge is 0.240 e. The van der Waals surface area contributed by atoms with Crippen molar-refractivity contribution >= 4 is 23.2 Å². The molecule has 136 valence electrons. The van der Waals surface area contributed by atoms with Crippen LogP contribution in [0.4, 0.5) is 11.4 Å². The third-order valence-corrected chi connectivity index (χ3v) is 5.15. The van der Waals surface area contributed by atoms with Crippen LogP contribution in [0, 0.1) is 26.2 Å². The van der Waals surface area contributed by atoms with E-state index in [1.54, 1.807) is 0 Å². The van der Waals surface area contributed by atoms with Crippen LogP contribution in [0.25, 0.3) is 0 Å². The van der Waals surface area contributed by atoms with Crippen LogP contribution < -0.4 is 10.6 Å². The average molecular weight is 350 g/mol. The highest BCUT2D eigenvalue weighted by atomic mass is 16.2. The molecule has 0 heterocycles. The maximum absolute atomic E-state index is 12.8. The average Bonchev–Trinajstić information content (AvgIpc) is 3.40. The minimum Gasteiger partial charge on any atom is -0.325 e. The number of benzene rings is 2. The maximum atomic E-state index is 12.8. The van der Waals surface area contributed by atoms with Crippen molar-refractivity contribution < 1.29 is 9.59 Å². The number of nitrogens with one attached hydrogen (secondary N) is 2. The summed E-state index contributed by atoms with van der Waals surface area (Å²) in [5.41, 5.74) is 5.00. The molecule has 0 spiro atoms. The summed E-state index contributed by atoms with van der Waals surface area (Å²) in [5.74, 6) is -0.433. The number of carbonyl (C=O) groups is 2. The molecular formula is C22H26N2O2. The second-order valence-corrected chi connectivity index (χ2v) is 7.31. The summed E-state index contributed by atoms with van der Waals surface area (Å²) >= 11 is 0. The zero-order valence-corrected chi connectivity index (χ0v) is 15.9. The molecule has 0 saturated heterocycles. The van der Waals surface area contributed by atoms with Crippen LogP contribution >= 0.6 is 0 Å². The Balaban J connectivity index is 1.73. The minimum absolute atomic E-state index is 0.213. The van der Waals surface area contributed by atoms with E-state index in [-0.39, 0.29) is 11.8 Å². The fourth-order valence-electron chi connectivity index (χ4n) is 3.37. The first-order valence-corrected chi connectivity index (χ1v) is 9.15. The topological polar surface area (TPSA) is 58.2 Å². The highest BCUT2D eigenvalue weighted by molar-refractivity contribution is 6.17. The van der Waals surface area contributed by atoms with Crippen LogP contribution in [0.15, 0.2) is 36.4 Å². The van der Waals surface area contributed by atoms with Crippen molar-refractivity contribution in [3.63, 3.8) is 0 Å². The largest absolute Gasteiger partial charge is 0.325 e. The molecule has 1 aliphatic carbocycles. The standard InChI is InChI=1S/C22H26N2O2/c1-5-17-6-8-18(9-7-17)23-20(25)22(10-11-22)21(26)24-19-15(3)12-14(2)13-16(19)4/h6-9,12-13H,5,10-11H2,1-4H3,(H,23,25)(H,24,26). The molecule has 0 aromatic heterocycles. The highest BCUT2D eigenvalue weighted by Gasteiger charge is 2.56. The highest BCUT2D eigenvalue weighted by Crippen LogP contribution is 2.47. The predicted octanol–water partition coefficient (Wildman–Crippen LogP) is 4.53. The van der Waals surface area contributed by atoms with Gasteiger partial charge in [-0.3, -0.25) is 9.59 Å². The van der Waals surface area contributed by atoms with E-state index >= 15 is 0 Å². The zero-order valence-electron chi connectivity index (χ0n) is 15.9. The molecular weight excluding hydrogens is 324 g/mol. The number of amides is 2. The summed E-state index contributed by atoms with van der Waals surface area (Å²) in [4.78, 5) is 25.6. The van der Waals surface area contributed by atoms with Gasteiger partial charge >= 0.3 is 0 Å². The molecule has 2 amide bonds. The molecule has 0 radical (unpaired) electrons. The van der Waals surface area contributed by atoms with Crippen molar-refractivity contribution in [3.8, 4) is 0 Å². The van der Waals surface area contributed by atoms with E-state index in [2.05, 4.69) is 17.6 Å². The summed E-state index contributed by atoms with van der Waals surface area (Å²) in [5, 5.41) is 5.89. The predicted molar refractivity (Wildman–Crippen MR) is 105 cm³/mol.